The highest BCUT2D eigenvalue weighted by Crippen LogP contribution is 2.06. The fourth-order valence-corrected chi connectivity index (χ4v) is 4.61. The maximum Gasteiger partial charge on any atom is 0.267 e. The molecule has 0 saturated heterocycles. The third-order valence-electron chi connectivity index (χ3n) is 6.20. The number of hydrogen-bond donors (Lipinski definition) is 3. The Morgan fingerprint density at radius 2 is 1.09 bits per heavy atom. The molecule has 0 fully saturated rings. The van der Waals surface area contributed by atoms with Crippen molar-refractivity contribution in [3.63, 3.8) is 0 Å². The third kappa shape index (κ3) is 30.5. The first kappa shape index (κ1) is 40.3. The Labute approximate surface area is 262 Å². The minimum Gasteiger partial charge on any atom is -0.387 e. The average molecular weight is 616 g/mol. The molecule has 0 spiro atoms. The molecule has 2 unspecified atom stereocenters. The molecular weight excluding hydrogens is 558 g/mol. The van der Waals surface area contributed by atoms with Crippen molar-refractivity contribution in [2.45, 2.75) is 116 Å². The Bertz CT molecular complexity index is 1030. The zero-order chi connectivity index (χ0) is 31.9. The fourth-order valence-electron chi connectivity index (χ4n) is 3.87. The van der Waals surface area contributed by atoms with E-state index in [1.165, 1.54) is 6.08 Å². The summed E-state index contributed by atoms with van der Waals surface area (Å²) >= 11 is 0. The van der Waals surface area contributed by atoms with Gasteiger partial charge in [0.25, 0.3) is 10.1 Å². The largest absolute Gasteiger partial charge is 0.387 e. The Hall–Kier alpha value is -2.74. The molecule has 0 heterocycles. The maximum absolute atomic E-state index is 12.4. The second kappa shape index (κ2) is 29.3. The summed E-state index contributed by atoms with van der Waals surface area (Å²) < 4.78 is 32.2. The van der Waals surface area contributed by atoms with Crippen molar-refractivity contribution in [1.82, 2.24) is 5.32 Å². The topological polar surface area (TPSA) is 104 Å². The van der Waals surface area contributed by atoms with Crippen LogP contribution < -0.4 is 5.32 Å². The summed E-state index contributed by atoms with van der Waals surface area (Å²) in [6.45, 7) is 4.29. The number of aliphatic hydroxyl groups is 1. The number of allylic oxidation sites excluding steroid dienone is 15. The summed E-state index contributed by atoms with van der Waals surface area (Å²) in [6.07, 6.45) is 44.0. The summed E-state index contributed by atoms with van der Waals surface area (Å²) in [5, 5.41) is 13.0. The highest BCUT2D eigenvalue weighted by Gasteiger charge is 2.24. The van der Waals surface area contributed by atoms with Gasteiger partial charge in [-0.2, -0.15) is 8.42 Å². The van der Waals surface area contributed by atoms with Crippen molar-refractivity contribution in [2.75, 3.05) is 5.75 Å². The van der Waals surface area contributed by atoms with Crippen molar-refractivity contribution >= 4 is 16.0 Å². The zero-order valence-electron chi connectivity index (χ0n) is 26.5. The molecule has 0 aliphatic carbocycles. The number of nitrogens with one attached hydrogen (secondary N) is 1. The van der Waals surface area contributed by atoms with Crippen LogP contribution in [0.5, 0.6) is 0 Å². The second-order valence-electron chi connectivity index (χ2n) is 10.3. The lowest BCUT2D eigenvalue weighted by atomic mass is 10.1. The van der Waals surface area contributed by atoms with Gasteiger partial charge >= 0.3 is 0 Å². The Morgan fingerprint density at radius 1 is 0.651 bits per heavy atom. The first-order valence-corrected chi connectivity index (χ1v) is 17.5. The van der Waals surface area contributed by atoms with Crippen LogP contribution in [0.2, 0.25) is 0 Å². The lowest BCUT2D eigenvalue weighted by Gasteiger charge is -2.21. The first-order chi connectivity index (χ1) is 20.8. The second-order valence-corrected chi connectivity index (χ2v) is 11.8. The summed E-state index contributed by atoms with van der Waals surface area (Å²) in [4.78, 5) is 12.4. The monoisotopic (exact) mass is 615 g/mol. The van der Waals surface area contributed by atoms with Crippen LogP contribution in [0.15, 0.2) is 97.2 Å². The summed E-state index contributed by atoms with van der Waals surface area (Å²) in [6, 6.07) is -1.11. The normalized spacial score (nSPS) is 14.8. The molecule has 0 radical (unpaired) electrons. The van der Waals surface area contributed by atoms with E-state index in [1.807, 2.05) is 6.08 Å². The summed E-state index contributed by atoms with van der Waals surface area (Å²) in [5.74, 6) is -1.10. The van der Waals surface area contributed by atoms with Gasteiger partial charge in [0.2, 0.25) is 5.91 Å². The Morgan fingerprint density at radius 3 is 1.58 bits per heavy atom. The molecule has 3 N–H and O–H groups in total. The van der Waals surface area contributed by atoms with E-state index >= 15 is 0 Å². The van der Waals surface area contributed by atoms with Crippen LogP contribution in [0.1, 0.15) is 104 Å². The number of amides is 1. The third-order valence-corrected chi connectivity index (χ3v) is 6.98. The molecule has 0 aromatic carbocycles. The zero-order valence-corrected chi connectivity index (χ0v) is 27.3. The molecule has 0 aliphatic heterocycles. The Balaban J connectivity index is 4.27. The molecule has 6 nitrogen and oxygen atoms in total. The van der Waals surface area contributed by atoms with Crippen LogP contribution in [0, 0.1) is 0 Å². The van der Waals surface area contributed by atoms with Crippen molar-refractivity contribution in [3.05, 3.63) is 97.2 Å². The molecule has 242 valence electrons. The number of carbonyl (C=O) groups excluding carboxylic acids is 1. The molecular formula is C36H57NO5S. The molecule has 43 heavy (non-hydrogen) atoms. The first-order valence-electron chi connectivity index (χ1n) is 15.9. The van der Waals surface area contributed by atoms with Gasteiger partial charge < -0.3 is 10.4 Å². The lowest BCUT2D eigenvalue weighted by Crippen LogP contribution is -2.46. The highest BCUT2D eigenvalue weighted by atomic mass is 32.2. The molecule has 0 aromatic rings. The smallest absolute Gasteiger partial charge is 0.267 e. The van der Waals surface area contributed by atoms with Crippen molar-refractivity contribution in [3.8, 4) is 0 Å². The van der Waals surface area contributed by atoms with E-state index in [4.69, 9.17) is 0 Å². The fraction of sp³-hybridized carbons (Fsp3) is 0.528. The van der Waals surface area contributed by atoms with Gasteiger partial charge in [0.15, 0.2) is 0 Å². The van der Waals surface area contributed by atoms with Crippen LogP contribution >= 0.6 is 0 Å². The van der Waals surface area contributed by atoms with E-state index in [1.54, 1.807) is 6.08 Å². The number of aliphatic hydroxyl groups excluding tert-OH is 1. The van der Waals surface area contributed by atoms with Gasteiger partial charge in [-0.05, 0) is 77.0 Å². The van der Waals surface area contributed by atoms with Gasteiger partial charge in [-0.1, -0.05) is 117 Å². The number of hydrogen-bond acceptors (Lipinski definition) is 4. The van der Waals surface area contributed by atoms with Crippen molar-refractivity contribution in [2.24, 2.45) is 0 Å². The molecule has 2 atom stereocenters. The maximum atomic E-state index is 12.4. The molecule has 7 heteroatoms. The predicted molar refractivity (Wildman–Crippen MR) is 183 cm³/mol. The lowest BCUT2D eigenvalue weighted by molar-refractivity contribution is -0.122. The minimum absolute atomic E-state index is 0.200. The quantitative estimate of drug-likeness (QED) is 0.0513. The molecule has 0 aromatic heterocycles. The predicted octanol–water partition coefficient (Wildman–Crippen LogP) is 8.67. The van der Waals surface area contributed by atoms with Crippen LogP contribution in [0.3, 0.4) is 0 Å². The molecule has 1 amide bonds. The highest BCUT2D eigenvalue weighted by molar-refractivity contribution is 7.85. The SMILES string of the molecule is CC/C=C\C/C=C\C/C=C\C/C=C\C/C=C\CCCC(=O)NC(CS(=O)(=O)O)C(O)/C=C/CC/C=C/CC/C=C/CCC. The number of rotatable bonds is 26. The van der Waals surface area contributed by atoms with Crippen LogP contribution in [0.25, 0.3) is 0 Å². The molecule has 0 saturated carbocycles. The number of unbranched alkanes of at least 4 members (excludes halogenated alkanes) is 4. The van der Waals surface area contributed by atoms with Crippen molar-refractivity contribution in [1.29, 1.82) is 0 Å². The number of carbonyl (C=O) groups is 1. The van der Waals surface area contributed by atoms with Gasteiger partial charge in [0, 0.05) is 6.42 Å². The van der Waals surface area contributed by atoms with E-state index in [0.717, 1.165) is 70.6 Å². The van der Waals surface area contributed by atoms with Crippen LogP contribution in [0.4, 0.5) is 0 Å². The Kier molecular flexibility index (Phi) is 27.5. The summed E-state index contributed by atoms with van der Waals surface area (Å²) in [5.41, 5.74) is 0. The van der Waals surface area contributed by atoms with E-state index in [9.17, 15) is 22.9 Å². The van der Waals surface area contributed by atoms with E-state index in [2.05, 4.69) is 98.2 Å². The van der Waals surface area contributed by atoms with E-state index in [0.29, 0.717) is 12.8 Å². The minimum atomic E-state index is -4.37. The van der Waals surface area contributed by atoms with E-state index in [-0.39, 0.29) is 12.3 Å². The standard InChI is InChI=1S/C36H57NO5S/c1-3-5-7-9-11-13-15-16-17-18-19-20-22-24-26-28-30-32-36(39)37-34(33-43(40,41)42)35(38)31-29-27-25-23-21-14-12-10-8-6-4-2/h5,7-8,10-11,13,16-17,19-21,23-24,26,29,31,34-35,38H,3-4,6,9,12,14-15,18,22,25,27-28,30,32-33H2,1-2H3,(H,37,39)(H,40,41,42)/b7-5-,10-8+,13-11-,17-16-,20-19-,23-21+,26-24-,31-29+. The van der Waals surface area contributed by atoms with Gasteiger partial charge in [-0.3, -0.25) is 9.35 Å². The van der Waals surface area contributed by atoms with Crippen molar-refractivity contribution < 1.29 is 22.9 Å². The van der Waals surface area contributed by atoms with E-state index < -0.39 is 28.0 Å². The van der Waals surface area contributed by atoms with Gasteiger partial charge in [0.05, 0.1) is 17.9 Å². The van der Waals surface area contributed by atoms with Gasteiger partial charge in [-0.25, -0.2) is 0 Å². The van der Waals surface area contributed by atoms with Gasteiger partial charge in [-0.15, -0.1) is 0 Å². The average Bonchev–Trinajstić information content (AvgIpc) is 2.96. The molecule has 0 rings (SSSR count). The summed E-state index contributed by atoms with van der Waals surface area (Å²) in [7, 11) is -4.37. The molecule has 0 aliphatic rings. The van der Waals surface area contributed by atoms with Crippen LogP contribution in [-0.2, 0) is 14.9 Å². The van der Waals surface area contributed by atoms with Crippen LogP contribution in [-0.4, -0.2) is 41.9 Å². The molecule has 0 bridgehead atoms. The van der Waals surface area contributed by atoms with Gasteiger partial charge in [0.1, 0.15) is 0 Å².